The third kappa shape index (κ3) is 3.78. The highest BCUT2D eigenvalue weighted by Crippen LogP contribution is 2.29. The van der Waals surface area contributed by atoms with E-state index in [1.54, 1.807) is 18.7 Å². The SMILES string of the molecule is CCn1c(-c2cnc(C)nc2)nc2c(O[C@H]3CCCN(c4ccccn4)C3)ncnc21. The van der Waals surface area contributed by atoms with Crippen molar-refractivity contribution in [1.29, 1.82) is 0 Å². The second-order valence-corrected chi connectivity index (χ2v) is 7.57. The summed E-state index contributed by atoms with van der Waals surface area (Å²) in [6, 6.07) is 5.97. The van der Waals surface area contributed by atoms with E-state index in [1.807, 2.05) is 35.9 Å². The molecule has 0 N–H and O–H groups in total. The predicted octanol–water partition coefficient (Wildman–Crippen LogP) is 3.05. The van der Waals surface area contributed by atoms with Crippen LogP contribution in [0, 0.1) is 6.92 Å². The number of fused-ring (bicyclic) bond motifs is 1. The third-order valence-corrected chi connectivity index (χ3v) is 5.48. The Morgan fingerprint density at radius 1 is 1.10 bits per heavy atom. The van der Waals surface area contributed by atoms with Gasteiger partial charge < -0.3 is 14.2 Å². The molecule has 1 aliphatic rings. The molecule has 4 aromatic heterocycles. The molecule has 0 aliphatic carbocycles. The number of hydrogen-bond donors (Lipinski definition) is 0. The standard InChI is InChI=1S/C22H24N8O/c1-3-30-20(16-11-24-15(2)25-12-16)28-19-21(30)26-14-27-22(19)31-17-7-6-10-29(13-17)18-8-4-5-9-23-18/h4-5,8-9,11-12,14,17H,3,6-7,10,13H2,1-2H3/t17-/m0/s1. The first-order valence-electron chi connectivity index (χ1n) is 10.6. The van der Waals surface area contributed by atoms with E-state index in [0.29, 0.717) is 17.9 Å². The Hall–Kier alpha value is -3.62. The highest BCUT2D eigenvalue weighted by molar-refractivity contribution is 5.81. The Kier molecular flexibility index (Phi) is 5.15. The van der Waals surface area contributed by atoms with E-state index < -0.39 is 0 Å². The number of aromatic nitrogens is 7. The predicted molar refractivity (Wildman–Crippen MR) is 117 cm³/mol. The molecule has 0 radical (unpaired) electrons. The van der Waals surface area contributed by atoms with Gasteiger partial charge in [0.05, 0.1) is 12.1 Å². The first-order valence-corrected chi connectivity index (χ1v) is 10.6. The van der Waals surface area contributed by atoms with Gasteiger partial charge in [-0.2, -0.15) is 4.98 Å². The number of pyridine rings is 1. The van der Waals surface area contributed by atoms with Crippen LogP contribution >= 0.6 is 0 Å². The zero-order chi connectivity index (χ0) is 21.2. The topological polar surface area (TPSA) is 94.7 Å². The molecule has 31 heavy (non-hydrogen) atoms. The summed E-state index contributed by atoms with van der Waals surface area (Å²) in [5.74, 6) is 2.97. The minimum atomic E-state index is 0.00629. The molecule has 1 fully saturated rings. The van der Waals surface area contributed by atoms with Gasteiger partial charge in [-0.3, -0.25) is 0 Å². The fourth-order valence-electron chi connectivity index (χ4n) is 3.97. The van der Waals surface area contributed by atoms with Crippen LogP contribution in [0.25, 0.3) is 22.6 Å². The van der Waals surface area contributed by atoms with Gasteiger partial charge in [-0.15, -0.1) is 0 Å². The summed E-state index contributed by atoms with van der Waals surface area (Å²) in [5, 5.41) is 0. The number of nitrogens with zero attached hydrogens (tertiary/aromatic N) is 8. The molecule has 5 heterocycles. The molecule has 9 nitrogen and oxygen atoms in total. The molecule has 0 amide bonds. The van der Waals surface area contributed by atoms with E-state index in [-0.39, 0.29) is 6.10 Å². The van der Waals surface area contributed by atoms with Crippen LogP contribution in [0.5, 0.6) is 5.88 Å². The van der Waals surface area contributed by atoms with Crippen molar-refractivity contribution < 1.29 is 4.74 Å². The maximum absolute atomic E-state index is 6.36. The second-order valence-electron chi connectivity index (χ2n) is 7.57. The Labute approximate surface area is 180 Å². The summed E-state index contributed by atoms with van der Waals surface area (Å²) in [6.07, 6.45) is 8.94. The van der Waals surface area contributed by atoms with Crippen molar-refractivity contribution in [3.05, 3.63) is 48.9 Å². The van der Waals surface area contributed by atoms with E-state index in [0.717, 1.165) is 54.6 Å². The van der Waals surface area contributed by atoms with E-state index in [4.69, 9.17) is 9.72 Å². The van der Waals surface area contributed by atoms with Crippen LogP contribution in [0.3, 0.4) is 0 Å². The van der Waals surface area contributed by atoms with Crippen molar-refractivity contribution in [1.82, 2.24) is 34.5 Å². The van der Waals surface area contributed by atoms with Crippen LogP contribution in [0.2, 0.25) is 0 Å². The maximum Gasteiger partial charge on any atom is 0.245 e. The summed E-state index contributed by atoms with van der Waals surface area (Å²) in [5.41, 5.74) is 2.26. The second kappa shape index (κ2) is 8.25. The first-order chi connectivity index (χ1) is 15.2. The number of ether oxygens (including phenoxy) is 1. The van der Waals surface area contributed by atoms with Gasteiger partial charge in [-0.05, 0) is 38.8 Å². The van der Waals surface area contributed by atoms with E-state index >= 15 is 0 Å². The van der Waals surface area contributed by atoms with Crippen molar-refractivity contribution in [2.75, 3.05) is 18.0 Å². The van der Waals surface area contributed by atoms with E-state index in [1.165, 1.54) is 0 Å². The number of aryl methyl sites for hydroxylation is 2. The Bertz CT molecular complexity index is 1180. The zero-order valence-electron chi connectivity index (χ0n) is 17.6. The molecule has 0 bridgehead atoms. The minimum Gasteiger partial charge on any atom is -0.471 e. The van der Waals surface area contributed by atoms with E-state index in [9.17, 15) is 0 Å². The molecule has 1 saturated heterocycles. The van der Waals surface area contributed by atoms with Crippen LogP contribution in [0.4, 0.5) is 5.82 Å². The zero-order valence-corrected chi connectivity index (χ0v) is 17.6. The normalized spacial score (nSPS) is 16.6. The van der Waals surface area contributed by atoms with Crippen molar-refractivity contribution >= 4 is 17.0 Å². The summed E-state index contributed by atoms with van der Waals surface area (Å²) in [4.78, 5) is 29.1. The molecule has 0 unspecified atom stereocenters. The molecule has 1 atom stereocenters. The molecule has 0 saturated carbocycles. The van der Waals surface area contributed by atoms with Crippen LogP contribution in [-0.4, -0.2) is 53.7 Å². The summed E-state index contributed by atoms with van der Waals surface area (Å²) >= 11 is 0. The molecule has 0 spiro atoms. The van der Waals surface area contributed by atoms with Gasteiger partial charge in [0.15, 0.2) is 11.2 Å². The molecular formula is C22H24N8O. The van der Waals surface area contributed by atoms with Gasteiger partial charge in [-0.25, -0.2) is 24.9 Å². The minimum absolute atomic E-state index is 0.00629. The lowest BCUT2D eigenvalue weighted by Gasteiger charge is -2.33. The number of rotatable bonds is 5. The van der Waals surface area contributed by atoms with Crippen LogP contribution in [0.15, 0.2) is 43.1 Å². The van der Waals surface area contributed by atoms with Gasteiger partial charge in [-0.1, -0.05) is 6.07 Å². The molecule has 4 aromatic rings. The first kappa shape index (κ1) is 19.3. The molecule has 0 aromatic carbocycles. The van der Waals surface area contributed by atoms with Gasteiger partial charge in [0, 0.05) is 31.7 Å². The monoisotopic (exact) mass is 416 g/mol. The highest BCUT2D eigenvalue weighted by Gasteiger charge is 2.25. The van der Waals surface area contributed by atoms with Gasteiger partial charge in [0.2, 0.25) is 5.88 Å². The average Bonchev–Trinajstić information content (AvgIpc) is 3.20. The molecule has 5 rings (SSSR count). The number of hydrogen-bond acceptors (Lipinski definition) is 8. The van der Waals surface area contributed by atoms with Crippen LogP contribution in [-0.2, 0) is 6.54 Å². The van der Waals surface area contributed by atoms with Crippen LogP contribution < -0.4 is 9.64 Å². The fourth-order valence-corrected chi connectivity index (χ4v) is 3.97. The van der Waals surface area contributed by atoms with Gasteiger partial charge in [0.1, 0.15) is 29.9 Å². The quantitative estimate of drug-likeness (QED) is 0.490. The maximum atomic E-state index is 6.36. The molecular weight excluding hydrogens is 392 g/mol. The molecule has 1 aliphatic heterocycles. The summed E-state index contributed by atoms with van der Waals surface area (Å²) < 4.78 is 8.40. The van der Waals surface area contributed by atoms with E-state index in [2.05, 4.69) is 36.7 Å². The number of piperidine rings is 1. The third-order valence-electron chi connectivity index (χ3n) is 5.48. The smallest absolute Gasteiger partial charge is 0.245 e. The highest BCUT2D eigenvalue weighted by atomic mass is 16.5. The lowest BCUT2D eigenvalue weighted by Crippen LogP contribution is -2.41. The largest absolute Gasteiger partial charge is 0.471 e. The lowest BCUT2D eigenvalue weighted by molar-refractivity contribution is 0.174. The van der Waals surface area contributed by atoms with Crippen molar-refractivity contribution in [2.24, 2.45) is 0 Å². The Morgan fingerprint density at radius 3 is 2.74 bits per heavy atom. The number of imidazole rings is 1. The van der Waals surface area contributed by atoms with Crippen molar-refractivity contribution in [3.8, 4) is 17.3 Å². The van der Waals surface area contributed by atoms with Crippen molar-refractivity contribution in [3.63, 3.8) is 0 Å². The lowest BCUT2D eigenvalue weighted by atomic mass is 10.1. The molecule has 158 valence electrons. The summed E-state index contributed by atoms with van der Waals surface area (Å²) in [7, 11) is 0. The van der Waals surface area contributed by atoms with Crippen LogP contribution in [0.1, 0.15) is 25.6 Å². The Balaban J connectivity index is 1.46. The fraction of sp³-hybridized carbons (Fsp3) is 0.364. The van der Waals surface area contributed by atoms with Crippen molar-refractivity contribution in [2.45, 2.75) is 39.3 Å². The molecule has 9 heteroatoms. The average molecular weight is 416 g/mol. The summed E-state index contributed by atoms with van der Waals surface area (Å²) in [6.45, 7) is 6.37. The number of anilines is 1. The van der Waals surface area contributed by atoms with Gasteiger partial charge >= 0.3 is 0 Å². The van der Waals surface area contributed by atoms with Gasteiger partial charge in [0.25, 0.3) is 0 Å². The Morgan fingerprint density at radius 2 is 1.97 bits per heavy atom.